The summed E-state index contributed by atoms with van der Waals surface area (Å²) in [5.41, 5.74) is 1.49. The van der Waals surface area contributed by atoms with Gasteiger partial charge in [-0.1, -0.05) is 12.1 Å². The number of aryl methyl sites for hydroxylation is 1. The van der Waals surface area contributed by atoms with Gasteiger partial charge in [0.2, 0.25) is 5.91 Å². The molecule has 2 heterocycles. The van der Waals surface area contributed by atoms with E-state index in [4.69, 9.17) is 4.74 Å². The molecule has 2 atom stereocenters. The van der Waals surface area contributed by atoms with Gasteiger partial charge in [0.05, 0.1) is 12.0 Å². The molecule has 2 aromatic heterocycles. The molecule has 4 rings (SSSR count). The summed E-state index contributed by atoms with van der Waals surface area (Å²) in [6.07, 6.45) is 2.92. The normalized spacial score (nSPS) is 17.0. The minimum atomic E-state index is -0.774. The molecule has 0 aliphatic heterocycles. The van der Waals surface area contributed by atoms with Crippen molar-refractivity contribution in [2.24, 2.45) is 5.92 Å². The fourth-order valence-electron chi connectivity index (χ4n) is 3.68. The van der Waals surface area contributed by atoms with Crippen LogP contribution in [0.3, 0.4) is 0 Å². The molecule has 1 aliphatic rings. The van der Waals surface area contributed by atoms with Crippen molar-refractivity contribution in [3.63, 3.8) is 0 Å². The van der Waals surface area contributed by atoms with Crippen LogP contribution in [0.5, 0.6) is 5.75 Å². The molecule has 1 aromatic carbocycles. The third-order valence-electron chi connectivity index (χ3n) is 5.33. The van der Waals surface area contributed by atoms with E-state index in [1.807, 2.05) is 6.92 Å². The van der Waals surface area contributed by atoms with Crippen LogP contribution in [-0.2, 0) is 17.6 Å². The van der Waals surface area contributed by atoms with Crippen LogP contribution in [0.15, 0.2) is 29.1 Å². The van der Waals surface area contributed by atoms with Crippen molar-refractivity contribution < 1.29 is 9.53 Å². The number of amides is 1. The second kappa shape index (κ2) is 7.94. The van der Waals surface area contributed by atoms with Crippen LogP contribution in [0, 0.1) is 5.92 Å². The monoisotopic (exact) mass is 412 g/mol. The first-order valence-electron chi connectivity index (χ1n) is 9.91. The number of carbonyl (C=O) groups excluding carboxylic acids is 1. The maximum Gasteiger partial charge on any atom is 0.279 e. The largest absolute Gasteiger partial charge is 0.494 e. The summed E-state index contributed by atoms with van der Waals surface area (Å²) in [6, 6.07) is 6.35. The van der Waals surface area contributed by atoms with Gasteiger partial charge in [0.15, 0.2) is 4.83 Å². The maximum atomic E-state index is 13.1. The van der Waals surface area contributed by atoms with Gasteiger partial charge in [0.1, 0.15) is 11.8 Å². The number of fused-ring (bicyclic) bond motifs is 3. The summed E-state index contributed by atoms with van der Waals surface area (Å²) in [5, 5.41) is 11.8. The second-order valence-corrected chi connectivity index (χ2v) is 8.58. The Balaban J connectivity index is 1.59. The molecule has 152 valence electrons. The molecule has 7 nitrogen and oxygen atoms in total. The van der Waals surface area contributed by atoms with Gasteiger partial charge in [-0.3, -0.25) is 9.59 Å². The van der Waals surface area contributed by atoms with Gasteiger partial charge in [0, 0.05) is 10.6 Å². The van der Waals surface area contributed by atoms with E-state index < -0.39 is 6.04 Å². The molecule has 1 N–H and O–H groups in total. The summed E-state index contributed by atoms with van der Waals surface area (Å²) in [5.74, 6) is 1.04. The van der Waals surface area contributed by atoms with Crippen molar-refractivity contribution in [3.05, 3.63) is 45.1 Å². The summed E-state index contributed by atoms with van der Waals surface area (Å²) >= 11 is 1.55. The number of nitrogens with zero attached hydrogens (tertiary/aromatic N) is 3. The van der Waals surface area contributed by atoms with Crippen LogP contribution in [-0.4, -0.2) is 27.5 Å². The summed E-state index contributed by atoms with van der Waals surface area (Å²) in [6.45, 7) is 6.38. The van der Waals surface area contributed by atoms with Gasteiger partial charge in [0.25, 0.3) is 5.56 Å². The molecule has 0 spiro atoms. The van der Waals surface area contributed by atoms with Crippen molar-refractivity contribution in [2.45, 2.75) is 46.1 Å². The molecule has 0 radical (unpaired) electrons. The lowest BCUT2D eigenvalue weighted by Gasteiger charge is -2.17. The van der Waals surface area contributed by atoms with E-state index in [0.717, 1.165) is 30.6 Å². The lowest BCUT2D eigenvalue weighted by molar-refractivity contribution is -0.119. The highest BCUT2D eigenvalue weighted by atomic mass is 32.1. The fraction of sp³-hybridized carbons (Fsp3) is 0.429. The maximum absolute atomic E-state index is 13.1. The first kappa shape index (κ1) is 19.6. The molecule has 0 saturated carbocycles. The zero-order valence-corrected chi connectivity index (χ0v) is 17.6. The van der Waals surface area contributed by atoms with Crippen LogP contribution in [0.4, 0.5) is 5.69 Å². The molecule has 3 aromatic rings. The number of anilines is 1. The Morgan fingerprint density at radius 2 is 2.14 bits per heavy atom. The van der Waals surface area contributed by atoms with Crippen LogP contribution < -0.4 is 15.6 Å². The number of carbonyl (C=O) groups is 1. The quantitative estimate of drug-likeness (QED) is 0.692. The van der Waals surface area contributed by atoms with Crippen molar-refractivity contribution in [1.82, 2.24) is 15.0 Å². The second-order valence-electron chi connectivity index (χ2n) is 7.49. The Labute approximate surface area is 172 Å². The summed E-state index contributed by atoms with van der Waals surface area (Å²) in [7, 11) is 0. The van der Waals surface area contributed by atoms with E-state index in [-0.39, 0.29) is 11.5 Å². The van der Waals surface area contributed by atoms with E-state index >= 15 is 0 Å². The highest BCUT2D eigenvalue weighted by Crippen LogP contribution is 2.35. The third-order valence-corrected chi connectivity index (χ3v) is 6.46. The highest BCUT2D eigenvalue weighted by Gasteiger charge is 2.26. The number of benzene rings is 1. The number of thiophene rings is 1. The molecule has 0 bridgehead atoms. The number of rotatable bonds is 5. The van der Waals surface area contributed by atoms with Crippen molar-refractivity contribution in [2.75, 3.05) is 11.9 Å². The van der Waals surface area contributed by atoms with Crippen LogP contribution >= 0.6 is 11.3 Å². The highest BCUT2D eigenvalue weighted by molar-refractivity contribution is 7.18. The molecule has 29 heavy (non-hydrogen) atoms. The van der Waals surface area contributed by atoms with Crippen molar-refractivity contribution in [1.29, 1.82) is 0 Å². The number of ether oxygens (including phenoxy) is 1. The SMILES string of the molecule is CCOc1ccc(NC(=O)[C@@H](C)n2nnc3sc4c(c3c2=O)CC[C@@H](C)C4)cc1. The molecule has 0 saturated heterocycles. The first-order valence-corrected chi connectivity index (χ1v) is 10.7. The smallest absolute Gasteiger partial charge is 0.279 e. The predicted octanol–water partition coefficient (Wildman–Crippen LogP) is 3.58. The Kier molecular flexibility index (Phi) is 5.36. The standard InChI is InChI=1S/C21H24N4O3S/c1-4-28-15-8-6-14(7-9-15)22-19(26)13(3)25-21(27)18-16-10-5-12(2)11-17(16)29-20(18)23-24-25/h6-9,12-13H,4-5,10-11H2,1-3H3,(H,22,26)/t12-,13-/m1/s1. The molecular weight excluding hydrogens is 388 g/mol. The van der Waals surface area contributed by atoms with E-state index in [1.54, 1.807) is 42.5 Å². The van der Waals surface area contributed by atoms with Crippen LogP contribution in [0.2, 0.25) is 0 Å². The van der Waals surface area contributed by atoms with Gasteiger partial charge in [-0.25, -0.2) is 0 Å². The zero-order valence-electron chi connectivity index (χ0n) is 16.8. The van der Waals surface area contributed by atoms with Gasteiger partial charge < -0.3 is 10.1 Å². The summed E-state index contributed by atoms with van der Waals surface area (Å²) in [4.78, 5) is 27.7. The topological polar surface area (TPSA) is 86.1 Å². The predicted molar refractivity (Wildman–Crippen MR) is 114 cm³/mol. The van der Waals surface area contributed by atoms with Crippen LogP contribution in [0.1, 0.15) is 43.7 Å². The number of nitrogens with one attached hydrogen (secondary N) is 1. The lowest BCUT2D eigenvalue weighted by Crippen LogP contribution is -2.34. The molecule has 8 heteroatoms. The van der Waals surface area contributed by atoms with Crippen molar-refractivity contribution >= 4 is 33.1 Å². The molecule has 0 fully saturated rings. The molecule has 1 amide bonds. The van der Waals surface area contributed by atoms with Gasteiger partial charge in [-0.05, 0) is 68.9 Å². The number of hydrogen-bond donors (Lipinski definition) is 1. The van der Waals surface area contributed by atoms with E-state index in [0.29, 0.717) is 28.4 Å². The fourth-order valence-corrected chi connectivity index (χ4v) is 5.00. The zero-order chi connectivity index (χ0) is 20.5. The van der Waals surface area contributed by atoms with E-state index in [2.05, 4.69) is 22.6 Å². The Hall–Kier alpha value is -2.74. The molecule has 0 unspecified atom stereocenters. The average Bonchev–Trinajstić information content (AvgIpc) is 3.07. The Bertz CT molecular complexity index is 1100. The summed E-state index contributed by atoms with van der Waals surface area (Å²) < 4.78 is 6.60. The Morgan fingerprint density at radius 3 is 2.86 bits per heavy atom. The third kappa shape index (κ3) is 3.76. The van der Waals surface area contributed by atoms with E-state index in [1.165, 1.54) is 9.56 Å². The number of hydrogen-bond acceptors (Lipinski definition) is 6. The van der Waals surface area contributed by atoms with E-state index in [9.17, 15) is 9.59 Å². The minimum absolute atomic E-state index is 0.239. The van der Waals surface area contributed by atoms with Gasteiger partial charge >= 0.3 is 0 Å². The average molecular weight is 413 g/mol. The first-order chi connectivity index (χ1) is 14.0. The van der Waals surface area contributed by atoms with Crippen molar-refractivity contribution in [3.8, 4) is 5.75 Å². The molecular formula is C21H24N4O3S. The minimum Gasteiger partial charge on any atom is -0.494 e. The van der Waals surface area contributed by atoms with Gasteiger partial charge in [-0.2, -0.15) is 4.68 Å². The Morgan fingerprint density at radius 1 is 1.38 bits per heavy atom. The van der Waals surface area contributed by atoms with Gasteiger partial charge in [-0.15, -0.1) is 16.4 Å². The lowest BCUT2D eigenvalue weighted by atomic mass is 9.89. The molecule has 1 aliphatic carbocycles. The number of aromatic nitrogens is 3. The van der Waals surface area contributed by atoms with Crippen LogP contribution in [0.25, 0.3) is 10.2 Å².